The Labute approximate surface area is 189 Å². The molecule has 0 radical (unpaired) electrons. The van der Waals surface area contributed by atoms with Gasteiger partial charge < -0.3 is 15.1 Å². The van der Waals surface area contributed by atoms with E-state index in [2.05, 4.69) is 9.71 Å². The Balaban J connectivity index is 1.45. The Morgan fingerprint density at radius 1 is 1.26 bits per heavy atom. The van der Waals surface area contributed by atoms with Gasteiger partial charge in [0.05, 0.1) is 23.7 Å². The zero-order valence-electron chi connectivity index (χ0n) is 16.9. The van der Waals surface area contributed by atoms with Crippen LogP contribution in [0.2, 0.25) is 0 Å². The third-order valence-electron chi connectivity index (χ3n) is 4.83. The number of amidine groups is 1. The monoisotopic (exact) mass is 476 g/mol. The maximum atomic E-state index is 12.9. The Morgan fingerprint density at radius 3 is 2.81 bits per heavy atom. The topological polar surface area (TPSA) is 99.1 Å². The van der Waals surface area contributed by atoms with E-state index >= 15 is 0 Å². The van der Waals surface area contributed by atoms with Gasteiger partial charge in [0.15, 0.2) is 5.17 Å². The summed E-state index contributed by atoms with van der Waals surface area (Å²) in [6.07, 6.45) is 1.93. The number of amides is 2. The van der Waals surface area contributed by atoms with Gasteiger partial charge >= 0.3 is 0 Å². The van der Waals surface area contributed by atoms with Crippen LogP contribution in [-0.2, 0) is 14.8 Å². The molecule has 162 valence electrons. The summed E-state index contributed by atoms with van der Waals surface area (Å²) < 4.78 is 27.3. The minimum Gasteiger partial charge on any atom is -0.332 e. The smallest absolute Gasteiger partial charge is 0.257 e. The van der Waals surface area contributed by atoms with Crippen molar-refractivity contribution in [2.75, 3.05) is 42.4 Å². The Kier molecular flexibility index (Phi) is 6.00. The minimum absolute atomic E-state index is 0.0330. The maximum Gasteiger partial charge on any atom is 0.257 e. The molecule has 0 saturated carbocycles. The molecule has 0 unspecified atom stereocenters. The van der Waals surface area contributed by atoms with Gasteiger partial charge in [0.2, 0.25) is 5.91 Å². The lowest BCUT2D eigenvalue weighted by Gasteiger charge is -2.22. The van der Waals surface area contributed by atoms with Crippen LogP contribution < -0.4 is 10.2 Å². The van der Waals surface area contributed by atoms with Crippen LogP contribution >= 0.6 is 23.5 Å². The zero-order chi connectivity index (χ0) is 22.2. The van der Waals surface area contributed by atoms with Gasteiger partial charge in [-0.2, -0.15) is 0 Å². The van der Waals surface area contributed by atoms with Crippen molar-refractivity contribution in [3.05, 3.63) is 48.0 Å². The van der Waals surface area contributed by atoms with Gasteiger partial charge in [-0.1, -0.05) is 12.1 Å². The molecule has 31 heavy (non-hydrogen) atoms. The van der Waals surface area contributed by atoms with E-state index in [0.717, 1.165) is 15.5 Å². The number of carbonyl (C=O) groups is 2. The molecule has 4 rings (SSSR count). The van der Waals surface area contributed by atoms with Crippen LogP contribution in [0.3, 0.4) is 0 Å². The van der Waals surface area contributed by atoms with Crippen molar-refractivity contribution in [2.45, 2.75) is 9.79 Å². The third-order valence-corrected chi connectivity index (χ3v) is 7.93. The van der Waals surface area contributed by atoms with E-state index in [-0.39, 0.29) is 24.1 Å². The standard InChI is InChI=1S/C20H20N4O4S3/c1-23(12-18(25)21-14-5-3-4-6-16(14)29-2)19(26)13-7-8-15-17(11-13)30-20-22-31(27,28)10-9-24(15)20/h3-8,11H,9-10,12H2,1-2H3,(H,21,25). The molecule has 0 fully saturated rings. The van der Waals surface area contributed by atoms with E-state index in [9.17, 15) is 18.0 Å². The lowest BCUT2D eigenvalue weighted by molar-refractivity contribution is -0.116. The number of sulfonamides is 1. The molecular weight excluding hydrogens is 456 g/mol. The number of benzene rings is 2. The molecule has 0 spiro atoms. The van der Waals surface area contributed by atoms with Crippen molar-refractivity contribution in [1.82, 2.24) is 4.90 Å². The zero-order valence-corrected chi connectivity index (χ0v) is 19.3. The van der Waals surface area contributed by atoms with Crippen molar-refractivity contribution in [1.29, 1.82) is 0 Å². The number of anilines is 2. The summed E-state index contributed by atoms with van der Waals surface area (Å²) in [4.78, 5) is 30.2. The van der Waals surface area contributed by atoms with Crippen LogP contribution in [-0.4, -0.2) is 62.4 Å². The number of fused-ring (bicyclic) bond motifs is 3. The molecule has 0 saturated heterocycles. The first-order valence-electron chi connectivity index (χ1n) is 9.38. The van der Waals surface area contributed by atoms with Crippen molar-refractivity contribution in [3.63, 3.8) is 0 Å². The molecule has 1 N–H and O–H groups in total. The van der Waals surface area contributed by atoms with E-state index < -0.39 is 10.0 Å². The first kappa shape index (κ1) is 21.7. The molecular formula is C20H20N4O4S3. The number of rotatable bonds is 5. The molecule has 0 atom stereocenters. The van der Waals surface area contributed by atoms with Gasteiger partial charge in [0.1, 0.15) is 0 Å². The summed E-state index contributed by atoms with van der Waals surface area (Å²) >= 11 is 2.76. The van der Waals surface area contributed by atoms with E-state index in [0.29, 0.717) is 23.0 Å². The fourth-order valence-electron chi connectivity index (χ4n) is 3.31. The highest BCUT2D eigenvalue weighted by Crippen LogP contribution is 2.42. The Morgan fingerprint density at radius 2 is 2.03 bits per heavy atom. The molecule has 2 aromatic rings. The fraction of sp³-hybridized carbons (Fsp3) is 0.250. The van der Waals surface area contributed by atoms with Crippen LogP contribution in [0.1, 0.15) is 10.4 Å². The van der Waals surface area contributed by atoms with Crippen molar-refractivity contribution < 1.29 is 18.0 Å². The molecule has 11 heteroatoms. The number of nitrogens with zero attached hydrogens (tertiary/aromatic N) is 3. The average molecular weight is 477 g/mol. The molecule has 8 nitrogen and oxygen atoms in total. The van der Waals surface area contributed by atoms with Crippen molar-refractivity contribution in [2.24, 2.45) is 4.40 Å². The number of likely N-dealkylation sites (N-methyl/N-ethyl adjacent to an activating group) is 1. The molecule has 2 amide bonds. The van der Waals surface area contributed by atoms with Gasteiger partial charge in [-0.25, -0.2) is 8.42 Å². The summed E-state index contributed by atoms with van der Waals surface area (Å²) in [5.74, 6) is -0.616. The van der Waals surface area contributed by atoms with Crippen LogP contribution in [0, 0.1) is 0 Å². The summed E-state index contributed by atoms with van der Waals surface area (Å²) in [7, 11) is -1.86. The Bertz CT molecular complexity index is 1200. The van der Waals surface area contributed by atoms with E-state index in [1.165, 1.54) is 28.4 Å². The minimum atomic E-state index is -3.43. The lowest BCUT2D eigenvalue weighted by Crippen LogP contribution is -2.35. The molecule has 2 aliphatic rings. The van der Waals surface area contributed by atoms with Crippen LogP contribution in [0.4, 0.5) is 11.4 Å². The van der Waals surface area contributed by atoms with Crippen LogP contribution in [0.15, 0.2) is 56.7 Å². The average Bonchev–Trinajstić information content (AvgIpc) is 3.08. The number of carbonyl (C=O) groups excluding carboxylic acids is 2. The maximum absolute atomic E-state index is 12.9. The number of hydrogen-bond acceptors (Lipinski definition) is 7. The molecule has 2 aromatic carbocycles. The highest BCUT2D eigenvalue weighted by molar-refractivity contribution is 8.15. The molecule has 0 aliphatic carbocycles. The Hall–Kier alpha value is -2.50. The summed E-state index contributed by atoms with van der Waals surface area (Å²) in [6, 6.07) is 12.7. The predicted octanol–water partition coefficient (Wildman–Crippen LogP) is 2.73. The van der Waals surface area contributed by atoms with Crippen LogP contribution in [0.5, 0.6) is 0 Å². The largest absolute Gasteiger partial charge is 0.332 e. The predicted molar refractivity (Wildman–Crippen MR) is 125 cm³/mol. The van der Waals surface area contributed by atoms with E-state index in [1.54, 1.807) is 25.2 Å². The normalized spacial score (nSPS) is 16.2. The SMILES string of the molecule is CSc1ccccc1NC(=O)CN(C)C(=O)c1ccc2c(c1)SC1=NS(=O)(=O)CCN12. The number of hydrogen-bond donors (Lipinski definition) is 1. The number of nitrogens with one attached hydrogen (secondary N) is 1. The van der Waals surface area contributed by atoms with Crippen molar-refractivity contribution in [3.8, 4) is 0 Å². The van der Waals surface area contributed by atoms with Gasteiger partial charge in [-0.05, 0) is 48.3 Å². The van der Waals surface area contributed by atoms with Crippen molar-refractivity contribution >= 4 is 61.9 Å². The van der Waals surface area contributed by atoms with Gasteiger partial charge in [-0.15, -0.1) is 16.2 Å². The molecule has 0 aromatic heterocycles. The first-order chi connectivity index (χ1) is 14.8. The lowest BCUT2D eigenvalue weighted by atomic mass is 10.1. The van der Waals surface area contributed by atoms with E-state index in [1.807, 2.05) is 35.4 Å². The van der Waals surface area contributed by atoms with Gasteiger partial charge in [0.25, 0.3) is 15.9 Å². The number of para-hydroxylation sites is 1. The summed E-state index contributed by atoms with van der Waals surface area (Å²) in [6.45, 7) is 0.245. The highest BCUT2D eigenvalue weighted by atomic mass is 32.2. The first-order valence-corrected chi connectivity index (χ1v) is 13.0. The summed E-state index contributed by atoms with van der Waals surface area (Å²) in [5, 5.41) is 3.25. The number of thioether (sulfide) groups is 2. The van der Waals surface area contributed by atoms with Crippen LogP contribution in [0.25, 0.3) is 0 Å². The summed E-state index contributed by atoms with van der Waals surface area (Å²) in [5.41, 5.74) is 1.97. The molecule has 0 bridgehead atoms. The highest BCUT2D eigenvalue weighted by Gasteiger charge is 2.33. The molecule has 2 aliphatic heterocycles. The van der Waals surface area contributed by atoms with Gasteiger partial charge in [-0.3, -0.25) is 9.59 Å². The third kappa shape index (κ3) is 4.58. The second-order valence-electron chi connectivity index (χ2n) is 7.01. The second kappa shape index (κ2) is 8.56. The molecule has 2 heterocycles. The van der Waals surface area contributed by atoms with E-state index in [4.69, 9.17) is 0 Å². The fourth-order valence-corrected chi connectivity index (χ4v) is 6.16. The van der Waals surface area contributed by atoms with Gasteiger partial charge in [0, 0.05) is 28.9 Å². The second-order valence-corrected chi connectivity index (χ2v) is 10.6. The quantitative estimate of drug-likeness (QED) is 0.663.